The number of carbonyl (C=O) groups is 2. The highest BCUT2D eigenvalue weighted by Crippen LogP contribution is 2.21. The van der Waals surface area contributed by atoms with Crippen LogP contribution in [0.4, 0.5) is 5.82 Å². The van der Waals surface area contributed by atoms with Gasteiger partial charge < -0.3 is 11.1 Å². The maximum atomic E-state index is 12.6. The second-order valence-corrected chi connectivity index (χ2v) is 7.14. The van der Waals surface area contributed by atoms with E-state index in [0.717, 1.165) is 5.69 Å². The number of para-hydroxylation sites is 1. The molecule has 0 atom stereocenters. The summed E-state index contributed by atoms with van der Waals surface area (Å²) in [5.74, 6) is -0.716. The average molecular weight is 351 g/mol. The zero-order valence-electron chi connectivity index (χ0n) is 15.2. The second kappa shape index (κ2) is 6.25. The number of primary amides is 1. The van der Waals surface area contributed by atoms with Crippen LogP contribution in [-0.2, 0) is 5.54 Å². The predicted octanol–water partition coefficient (Wildman–Crippen LogP) is 2.85. The minimum Gasteiger partial charge on any atom is -0.366 e. The quantitative estimate of drug-likeness (QED) is 0.757. The maximum Gasteiger partial charge on any atom is 0.277 e. The van der Waals surface area contributed by atoms with Gasteiger partial charge in [0.25, 0.3) is 5.91 Å². The molecule has 7 heteroatoms. The standard InChI is InChI=1S/C19H21N5O2/c1-11-9-15(23-24(11)19(2,3)4)18(26)22-16-10-13(17(20)25)12-7-5-6-8-14(12)21-16/h5-10H,1-4H3,(H2,20,25)(H,21,22,26). The molecular formula is C19H21N5O2. The minimum absolute atomic E-state index is 0.233. The first kappa shape index (κ1) is 17.6. The SMILES string of the molecule is Cc1cc(C(=O)Nc2cc(C(N)=O)c3ccccc3n2)nn1C(C)(C)C. The molecule has 0 aliphatic carbocycles. The van der Waals surface area contributed by atoms with Crippen molar-refractivity contribution in [3.63, 3.8) is 0 Å². The zero-order chi connectivity index (χ0) is 19.1. The van der Waals surface area contributed by atoms with Crippen LogP contribution in [-0.4, -0.2) is 26.6 Å². The Hall–Kier alpha value is -3.22. The summed E-state index contributed by atoms with van der Waals surface area (Å²) in [6.45, 7) is 7.94. The first-order valence-corrected chi connectivity index (χ1v) is 8.25. The van der Waals surface area contributed by atoms with Crippen LogP contribution in [0, 0.1) is 6.92 Å². The zero-order valence-corrected chi connectivity index (χ0v) is 15.2. The molecule has 0 aliphatic heterocycles. The molecule has 2 heterocycles. The third kappa shape index (κ3) is 3.28. The average Bonchev–Trinajstić information content (AvgIpc) is 2.96. The van der Waals surface area contributed by atoms with Crippen molar-refractivity contribution in [3.8, 4) is 0 Å². The number of hydrogen-bond acceptors (Lipinski definition) is 4. The number of nitrogens with two attached hydrogens (primary N) is 1. The van der Waals surface area contributed by atoms with E-state index in [9.17, 15) is 9.59 Å². The first-order valence-electron chi connectivity index (χ1n) is 8.25. The van der Waals surface area contributed by atoms with Crippen molar-refractivity contribution in [1.29, 1.82) is 0 Å². The van der Waals surface area contributed by atoms with Gasteiger partial charge in [0.15, 0.2) is 5.69 Å². The number of pyridine rings is 1. The van der Waals surface area contributed by atoms with Crippen molar-refractivity contribution in [3.05, 3.63) is 53.3 Å². The van der Waals surface area contributed by atoms with Gasteiger partial charge in [-0.05, 0) is 45.9 Å². The molecule has 7 nitrogen and oxygen atoms in total. The number of carbonyl (C=O) groups excluding carboxylic acids is 2. The fraction of sp³-hybridized carbons (Fsp3) is 0.263. The third-order valence-corrected chi connectivity index (χ3v) is 3.98. The van der Waals surface area contributed by atoms with Gasteiger partial charge in [-0.15, -0.1) is 0 Å². The highest BCUT2D eigenvalue weighted by molar-refractivity contribution is 6.08. The molecule has 0 radical (unpaired) electrons. The van der Waals surface area contributed by atoms with Gasteiger partial charge in [0.1, 0.15) is 5.82 Å². The van der Waals surface area contributed by atoms with E-state index >= 15 is 0 Å². The van der Waals surface area contributed by atoms with E-state index in [1.807, 2.05) is 27.7 Å². The van der Waals surface area contributed by atoms with Gasteiger partial charge in [-0.25, -0.2) is 4.98 Å². The molecule has 0 fully saturated rings. The Bertz CT molecular complexity index is 1010. The Kier molecular flexibility index (Phi) is 4.23. The molecule has 3 aromatic rings. The second-order valence-electron chi connectivity index (χ2n) is 7.14. The van der Waals surface area contributed by atoms with Gasteiger partial charge in [-0.2, -0.15) is 5.10 Å². The van der Waals surface area contributed by atoms with Gasteiger partial charge in [-0.1, -0.05) is 18.2 Å². The van der Waals surface area contributed by atoms with E-state index < -0.39 is 11.8 Å². The lowest BCUT2D eigenvalue weighted by atomic mass is 10.1. The predicted molar refractivity (Wildman–Crippen MR) is 100 cm³/mol. The van der Waals surface area contributed by atoms with E-state index in [2.05, 4.69) is 15.4 Å². The summed E-state index contributed by atoms with van der Waals surface area (Å²) in [5, 5.41) is 7.73. The Labute approximate surface area is 151 Å². The number of aryl methyl sites for hydroxylation is 1. The molecule has 26 heavy (non-hydrogen) atoms. The number of nitrogens with zero attached hydrogens (tertiary/aromatic N) is 3. The Morgan fingerprint density at radius 3 is 2.46 bits per heavy atom. The van der Waals surface area contributed by atoms with E-state index in [1.54, 1.807) is 35.0 Å². The van der Waals surface area contributed by atoms with Gasteiger partial charge in [0.2, 0.25) is 5.91 Å². The molecule has 0 aliphatic rings. The van der Waals surface area contributed by atoms with Crippen LogP contribution in [0.25, 0.3) is 10.9 Å². The number of nitrogens with one attached hydrogen (secondary N) is 1. The van der Waals surface area contributed by atoms with Crippen molar-refractivity contribution in [1.82, 2.24) is 14.8 Å². The summed E-state index contributed by atoms with van der Waals surface area (Å²) in [6.07, 6.45) is 0. The number of fused-ring (bicyclic) bond motifs is 1. The van der Waals surface area contributed by atoms with Crippen LogP contribution >= 0.6 is 0 Å². The summed E-state index contributed by atoms with van der Waals surface area (Å²) < 4.78 is 1.80. The molecule has 2 amide bonds. The Morgan fingerprint density at radius 2 is 1.85 bits per heavy atom. The molecule has 0 saturated heterocycles. The van der Waals surface area contributed by atoms with Crippen LogP contribution in [0.1, 0.15) is 47.3 Å². The van der Waals surface area contributed by atoms with Crippen molar-refractivity contribution in [2.45, 2.75) is 33.2 Å². The topological polar surface area (TPSA) is 103 Å². The number of aromatic nitrogens is 3. The molecule has 3 N–H and O–H groups in total. The number of anilines is 1. The van der Waals surface area contributed by atoms with Gasteiger partial charge in [0, 0.05) is 11.1 Å². The fourth-order valence-corrected chi connectivity index (χ4v) is 2.89. The van der Waals surface area contributed by atoms with Crippen LogP contribution in [0.15, 0.2) is 36.4 Å². The molecule has 3 rings (SSSR count). The van der Waals surface area contributed by atoms with Gasteiger partial charge in [-0.3, -0.25) is 14.3 Å². The minimum atomic E-state index is -0.577. The van der Waals surface area contributed by atoms with Crippen LogP contribution in [0.5, 0.6) is 0 Å². The number of hydrogen-bond donors (Lipinski definition) is 2. The number of benzene rings is 1. The van der Waals surface area contributed by atoms with E-state index in [-0.39, 0.29) is 17.1 Å². The van der Waals surface area contributed by atoms with Crippen molar-refractivity contribution >= 4 is 28.5 Å². The van der Waals surface area contributed by atoms with Crippen LogP contribution < -0.4 is 11.1 Å². The molecule has 0 spiro atoms. The molecule has 0 unspecified atom stereocenters. The Morgan fingerprint density at radius 1 is 1.15 bits per heavy atom. The lowest BCUT2D eigenvalue weighted by molar-refractivity contribution is 0.0996. The van der Waals surface area contributed by atoms with Crippen molar-refractivity contribution < 1.29 is 9.59 Å². The first-order chi connectivity index (χ1) is 12.2. The number of rotatable bonds is 3. The lowest BCUT2D eigenvalue weighted by Gasteiger charge is -2.21. The van der Waals surface area contributed by atoms with Gasteiger partial charge in [0.05, 0.1) is 16.6 Å². The smallest absolute Gasteiger partial charge is 0.277 e. The molecule has 0 bridgehead atoms. The molecule has 0 saturated carbocycles. The Balaban J connectivity index is 1.96. The van der Waals surface area contributed by atoms with E-state index in [1.165, 1.54) is 6.07 Å². The summed E-state index contributed by atoms with van der Waals surface area (Å²) in [7, 11) is 0. The van der Waals surface area contributed by atoms with E-state index in [4.69, 9.17) is 5.73 Å². The largest absolute Gasteiger partial charge is 0.366 e. The van der Waals surface area contributed by atoms with E-state index in [0.29, 0.717) is 16.5 Å². The van der Waals surface area contributed by atoms with Crippen LogP contribution in [0.3, 0.4) is 0 Å². The monoisotopic (exact) mass is 351 g/mol. The third-order valence-electron chi connectivity index (χ3n) is 3.98. The lowest BCUT2D eigenvalue weighted by Crippen LogP contribution is -2.25. The number of amides is 2. The normalized spacial score (nSPS) is 11.5. The summed E-state index contributed by atoms with van der Waals surface area (Å²) in [5.41, 5.74) is 7.29. The molecule has 1 aromatic carbocycles. The molecule has 2 aromatic heterocycles. The molecular weight excluding hydrogens is 330 g/mol. The highest BCUT2D eigenvalue weighted by Gasteiger charge is 2.21. The summed E-state index contributed by atoms with van der Waals surface area (Å²) >= 11 is 0. The fourth-order valence-electron chi connectivity index (χ4n) is 2.89. The summed E-state index contributed by atoms with van der Waals surface area (Å²) in [6, 6.07) is 10.3. The highest BCUT2D eigenvalue weighted by atomic mass is 16.2. The summed E-state index contributed by atoms with van der Waals surface area (Å²) in [4.78, 5) is 28.7. The van der Waals surface area contributed by atoms with Crippen molar-refractivity contribution in [2.75, 3.05) is 5.32 Å². The molecule has 134 valence electrons. The van der Waals surface area contributed by atoms with Crippen LogP contribution in [0.2, 0.25) is 0 Å². The maximum absolute atomic E-state index is 12.6. The van der Waals surface area contributed by atoms with Crippen molar-refractivity contribution in [2.24, 2.45) is 5.73 Å². The van der Waals surface area contributed by atoms with Gasteiger partial charge >= 0.3 is 0 Å².